The lowest BCUT2D eigenvalue weighted by Crippen LogP contribution is -2.26. The molecule has 11 heavy (non-hydrogen) atoms. The first kappa shape index (κ1) is 9.01. The molecule has 2 heteroatoms. The van der Waals surface area contributed by atoms with E-state index in [1.807, 2.05) is 0 Å². The molecule has 1 rings (SSSR count). The van der Waals surface area contributed by atoms with Gasteiger partial charge < -0.3 is 11.5 Å². The van der Waals surface area contributed by atoms with E-state index in [-0.39, 0.29) is 0 Å². The zero-order chi connectivity index (χ0) is 8.10. The van der Waals surface area contributed by atoms with Crippen LogP contribution in [0.15, 0.2) is 0 Å². The van der Waals surface area contributed by atoms with Gasteiger partial charge in [0, 0.05) is 6.04 Å². The molecule has 0 aliphatic heterocycles. The average Bonchev–Trinajstić information content (AvgIpc) is 2.04. The summed E-state index contributed by atoms with van der Waals surface area (Å²) in [5, 5.41) is 0. The Labute approximate surface area is 69.3 Å². The van der Waals surface area contributed by atoms with Gasteiger partial charge in [0.15, 0.2) is 0 Å². The summed E-state index contributed by atoms with van der Waals surface area (Å²) < 4.78 is 0. The highest BCUT2D eigenvalue weighted by Gasteiger charge is 2.17. The smallest absolute Gasteiger partial charge is 0.00390 e. The second kappa shape index (κ2) is 4.73. The zero-order valence-corrected chi connectivity index (χ0v) is 7.26. The number of hydrogen-bond donors (Lipinski definition) is 2. The first-order valence-corrected chi connectivity index (χ1v) is 4.78. The molecule has 1 saturated carbocycles. The van der Waals surface area contributed by atoms with Gasteiger partial charge in [-0.05, 0) is 51.0 Å². The van der Waals surface area contributed by atoms with Gasteiger partial charge in [-0.3, -0.25) is 0 Å². The Morgan fingerprint density at radius 2 is 1.73 bits per heavy atom. The molecule has 0 atom stereocenters. The molecule has 0 spiro atoms. The van der Waals surface area contributed by atoms with Gasteiger partial charge in [-0.2, -0.15) is 0 Å². The van der Waals surface area contributed by atoms with Crippen LogP contribution in [0.25, 0.3) is 0 Å². The first-order valence-electron chi connectivity index (χ1n) is 4.78. The van der Waals surface area contributed by atoms with Crippen molar-refractivity contribution in [1.82, 2.24) is 0 Å². The lowest BCUT2D eigenvalue weighted by molar-refractivity contribution is 0.307. The van der Waals surface area contributed by atoms with Gasteiger partial charge in [0.25, 0.3) is 0 Å². The molecular formula is C9H20N2. The zero-order valence-electron chi connectivity index (χ0n) is 7.26. The van der Waals surface area contributed by atoms with Crippen LogP contribution in [0.2, 0.25) is 0 Å². The molecule has 0 bridgehead atoms. The maximum atomic E-state index is 5.80. The molecule has 0 aromatic carbocycles. The molecule has 0 aromatic rings. The predicted octanol–water partition coefficient (Wildman–Crippen LogP) is 1.24. The van der Waals surface area contributed by atoms with E-state index in [1.54, 1.807) is 0 Å². The van der Waals surface area contributed by atoms with Crippen LogP contribution < -0.4 is 11.5 Å². The van der Waals surface area contributed by atoms with E-state index in [0.717, 1.165) is 12.5 Å². The predicted molar refractivity (Wildman–Crippen MR) is 48.2 cm³/mol. The number of hydrogen-bond acceptors (Lipinski definition) is 2. The minimum Gasteiger partial charge on any atom is -0.330 e. The summed E-state index contributed by atoms with van der Waals surface area (Å²) in [6.45, 7) is 0.850. The van der Waals surface area contributed by atoms with Crippen LogP contribution in [0.5, 0.6) is 0 Å². The van der Waals surface area contributed by atoms with Gasteiger partial charge in [0.2, 0.25) is 0 Å². The van der Waals surface area contributed by atoms with Gasteiger partial charge >= 0.3 is 0 Å². The van der Waals surface area contributed by atoms with Crippen molar-refractivity contribution >= 4 is 0 Å². The van der Waals surface area contributed by atoms with Crippen molar-refractivity contribution in [1.29, 1.82) is 0 Å². The molecule has 1 aliphatic rings. The van der Waals surface area contributed by atoms with Crippen LogP contribution >= 0.6 is 0 Å². The third-order valence-electron chi connectivity index (χ3n) is 2.71. The number of nitrogens with two attached hydrogens (primary N) is 2. The van der Waals surface area contributed by atoms with Crippen LogP contribution in [-0.2, 0) is 0 Å². The van der Waals surface area contributed by atoms with Crippen LogP contribution in [0.3, 0.4) is 0 Å². The van der Waals surface area contributed by atoms with E-state index in [4.69, 9.17) is 11.5 Å². The standard InChI is InChI=1S/C9H20N2/c10-7-1-2-8-3-5-9(11)6-4-8/h8-9H,1-7,10-11H2. The molecule has 66 valence electrons. The highest BCUT2D eigenvalue weighted by atomic mass is 14.6. The molecule has 0 saturated heterocycles. The summed E-state index contributed by atoms with van der Waals surface area (Å²) in [4.78, 5) is 0. The summed E-state index contributed by atoms with van der Waals surface area (Å²) in [7, 11) is 0. The molecule has 0 amide bonds. The summed E-state index contributed by atoms with van der Waals surface area (Å²) in [6, 6.07) is 0.490. The van der Waals surface area contributed by atoms with Crippen molar-refractivity contribution < 1.29 is 0 Å². The molecular weight excluding hydrogens is 136 g/mol. The fourth-order valence-electron chi connectivity index (χ4n) is 1.88. The molecule has 0 aromatic heterocycles. The molecule has 1 aliphatic carbocycles. The lowest BCUT2D eigenvalue weighted by Gasteiger charge is -2.25. The minimum atomic E-state index is 0.490. The summed E-state index contributed by atoms with van der Waals surface area (Å²) in [5.74, 6) is 0.929. The van der Waals surface area contributed by atoms with Gasteiger partial charge in [-0.25, -0.2) is 0 Å². The van der Waals surface area contributed by atoms with Gasteiger partial charge in [-0.1, -0.05) is 0 Å². The second-order valence-corrected chi connectivity index (χ2v) is 3.71. The molecule has 0 unspecified atom stereocenters. The Kier molecular flexibility index (Phi) is 3.87. The van der Waals surface area contributed by atoms with E-state index in [2.05, 4.69) is 0 Å². The normalized spacial score (nSPS) is 32.2. The molecule has 1 fully saturated rings. The Bertz CT molecular complexity index is 93.0. The van der Waals surface area contributed by atoms with Crippen molar-refractivity contribution in [2.75, 3.05) is 6.54 Å². The molecule has 2 nitrogen and oxygen atoms in total. The maximum absolute atomic E-state index is 5.80. The Hall–Kier alpha value is -0.0800. The first-order chi connectivity index (χ1) is 5.33. The highest BCUT2D eigenvalue weighted by molar-refractivity contribution is 4.74. The summed E-state index contributed by atoms with van der Waals surface area (Å²) >= 11 is 0. The van der Waals surface area contributed by atoms with Crippen LogP contribution in [0.1, 0.15) is 38.5 Å². The fourth-order valence-corrected chi connectivity index (χ4v) is 1.88. The maximum Gasteiger partial charge on any atom is 0.00390 e. The quantitative estimate of drug-likeness (QED) is 0.646. The average molecular weight is 156 g/mol. The second-order valence-electron chi connectivity index (χ2n) is 3.71. The highest BCUT2D eigenvalue weighted by Crippen LogP contribution is 2.26. The monoisotopic (exact) mass is 156 g/mol. The molecule has 4 N–H and O–H groups in total. The van der Waals surface area contributed by atoms with Crippen LogP contribution in [0.4, 0.5) is 0 Å². The Morgan fingerprint density at radius 1 is 1.09 bits per heavy atom. The van der Waals surface area contributed by atoms with Gasteiger partial charge in [0.05, 0.1) is 0 Å². The van der Waals surface area contributed by atoms with Crippen molar-refractivity contribution in [3.8, 4) is 0 Å². The topological polar surface area (TPSA) is 52.0 Å². The van der Waals surface area contributed by atoms with E-state index in [1.165, 1.54) is 38.5 Å². The third-order valence-corrected chi connectivity index (χ3v) is 2.71. The van der Waals surface area contributed by atoms with E-state index in [9.17, 15) is 0 Å². The van der Waals surface area contributed by atoms with E-state index in [0.29, 0.717) is 6.04 Å². The van der Waals surface area contributed by atoms with E-state index < -0.39 is 0 Å². The largest absolute Gasteiger partial charge is 0.330 e. The van der Waals surface area contributed by atoms with Crippen LogP contribution in [0, 0.1) is 5.92 Å². The lowest BCUT2D eigenvalue weighted by atomic mass is 9.84. The summed E-state index contributed by atoms with van der Waals surface area (Å²) in [5.41, 5.74) is 11.2. The SMILES string of the molecule is NCCCC1CCC(N)CC1. The van der Waals surface area contributed by atoms with Crippen molar-refractivity contribution in [2.24, 2.45) is 17.4 Å². The molecule has 0 heterocycles. The third kappa shape index (κ3) is 3.21. The van der Waals surface area contributed by atoms with E-state index >= 15 is 0 Å². The van der Waals surface area contributed by atoms with Crippen LogP contribution in [-0.4, -0.2) is 12.6 Å². The van der Waals surface area contributed by atoms with Crippen molar-refractivity contribution in [2.45, 2.75) is 44.6 Å². The van der Waals surface area contributed by atoms with Crippen molar-refractivity contribution in [3.63, 3.8) is 0 Å². The minimum absolute atomic E-state index is 0.490. The number of rotatable bonds is 3. The van der Waals surface area contributed by atoms with Gasteiger partial charge in [-0.15, -0.1) is 0 Å². The fraction of sp³-hybridized carbons (Fsp3) is 1.00. The van der Waals surface area contributed by atoms with Crippen molar-refractivity contribution in [3.05, 3.63) is 0 Å². The summed E-state index contributed by atoms with van der Waals surface area (Å²) in [6.07, 6.45) is 7.65. The Balaban J connectivity index is 2.07. The molecule has 0 radical (unpaired) electrons. The van der Waals surface area contributed by atoms with Gasteiger partial charge in [0.1, 0.15) is 0 Å². The Morgan fingerprint density at radius 3 is 2.27 bits per heavy atom.